The molecule has 0 saturated heterocycles. The van der Waals surface area contributed by atoms with E-state index in [-0.39, 0.29) is 31.9 Å². The number of rotatable bonds is 0. The van der Waals surface area contributed by atoms with Crippen LogP contribution in [0.4, 0.5) is 0 Å². The number of allylic oxidation sites excluding steroid dienone is 3. The minimum atomic E-state index is 0. The molecule has 0 aromatic carbocycles. The van der Waals surface area contributed by atoms with Crippen LogP contribution in [0.1, 0.15) is 0 Å². The molecule has 1 radical (unpaired) electrons. The van der Waals surface area contributed by atoms with Gasteiger partial charge in [0.1, 0.15) is 0 Å². The molecule has 0 unspecified atom stereocenters. The molecule has 9 heavy (non-hydrogen) atoms. The summed E-state index contributed by atoms with van der Waals surface area (Å²) in [6.07, 6.45) is 7.62. The van der Waals surface area contributed by atoms with Crippen LogP contribution in [0.25, 0.3) is 0 Å². The Labute approximate surface area is 82.4 Å². The van der Waals surface area contributed by atoms with Gasteiger partial charge in [-0.25, -0.2) is 0 Å². The van der Waals surface area contributed by atoms with Crippen molar-refractivity contribution in [3.8, 4) is 0 Å². The van der Waals surface area contributed by atoms with Crippen LogP contribution in [-0.4, -0.2) is 0 Å². The largest absolute Gasteiger partial charge is 1.00 e. The Hall–Kier alpha value is 0.653. The molecule has 0 aromatic rings. The van der Waals surface area contributed by atoms with Crippen molar-refractivity contribution in [2.24, 2.45) is 0 Å². The van der Waals surface area contributed by atoms with Gasteiger partial charge in [0.15, 0.2) is 0 Å². The molecule has 1 aliphatic rings. The molecule has 0 saturated carbocycles. The van der Waals surface area contributed by atoms with Gasteiger partial charge in [0.05, 0.1) is 0 Å². The fourth-order valence-electron chi connectivity index (χ4n) is 0.367. The standard InChI is InChI=1S/C6H4Br.ClH.Zn/c7-6-4-2-1-3-5-6;;/h2-5H;1H;/p-1. The number of hydrogen-bond acceptors (Lipinski definition) is 0. The molecular formula is C6H4BrClZn-. The second-order valence-electron chi connectivity index (χ2n) is 1.22. The van der Waals surface area contributed by atoms with Gasteiger partial charge in [-0.15, -0.1) is 5.73 Å². The Balaban J connectivity index is 0. The average Bonchev–Trinajstić information content (AvgIpc) is 1.69. The van der Waals surface area contributed by atoms with Gasteiger partial charge in [-0.3, -0.25) is 0 Å². The predicted octanol–water partition coefficient (Wildman–Crippen LogP) is -0.804. The summed E-state index contributed by atoms with van der Waals surface area (Å²) in [5.41, 5.74) is 2.90. The molecule has 0 aromatic heterocycles. The van der Waals surface area contributed by atoms with Crippen molar-refractivity contribution < 1.29 is 31.9 Å². The summed E-state index contributed by atoms with van der Waals surface area (Å²) in [5.74, 6) is 0. The summed E-state index contributed by atoms with van der Waals surface area (Å²) in [6, 6.07) is 0. The van der Waals surface area contributed by atoms with Crippen LogP contribution in [0.15, 0.2) is 28.4 Å². The van der Waals surface area contributed by atoms with E-state index in [4.69, 9.17) is 0 Å². The molecule has 0 aliphatic heterocycles. The molecule has 0 amide bonds. The van der Waals surface area contributed by atoms with Gasteiger partial charge in [-0.1, -0.05) is 15.9 Å². The monoisotopic (exact) mass is 254 g/mol. The van der Waals surface area contributed by atoms with E-state index >= 15 is 0 Å². The van der Waals surface area contributed by atoms with Gasteiger partial charge < -0.3 is 12.4 Å². The molecule has 0 heterocycles. The molecule has 1 aliphatic carbocycles. The van der Waals surface area contributed by atoms with Crippen molar-refractivity contribution in [2.75, 3.05) is 0 Å². The summed E-state index contributed by atoms with van der Waals surface area (Å²) in [5, 5.41) is 0. The SMILES string of the molecule is BrC1=CC=C=C[CH]1.[Cl-].[Zn]. The minimum Gasteiger partial charge on any atom is -1.00 e. The first-order valence-corrected chi connectivity index (χ1v) is 2.80. The maximum atomic E-state index is 3.29. The second-order valence-corrected chi connectivity index (χ2v) is 2.13. The third-order valence-corrected chi connectivity index (χ3v) is 1.21. The molecule has 1 rings (SSSR count). The van der Waals surface area contributed by atoms with Gasteiger partial charge in [-0.2, -0.15) is 0 Å². The first kappa shape index (κ1) is 12.3. The zero-order valence-electron chi connectivity index (χ0n) is 4.77. The number of halogens is 2. The Kier molecular flexibility index (Phi) is 9.28. The smallest absolute Gasteiger partial charge is 0.0275 e. The third kappa shape index (κ3) is 5.12. The maximum Gasteiger partial charge on any atom is 0.0275 e. The summed E-state index contributed by atoms with van der Waals surface area (Å²) in [7, 11) is 0. The van der Waals surface area contributed by atoms with Crippen molar-refractivity contribution in [3.63, 3.8) is 0 Å². The Morgan fingerprint density at radius 2 is 2.00 bits per heavy atom. The molecule has 0 bridgehead atoms. The van der Waals surface area contributed by atoms with E-state index in [2.05, 4.69) is 21.7 Å². The maximum absolute atomic E-state index is 3.29. The third-order valence-electron chi connectivity index (χ3n) is 0.678. The Morgan fingerprint density at radius 3 is 2.22 bits per heavy atom. The molecule has 45 valence electrons. The minimum absolute atomic E-state index is 0. The Bertz CT molecular complexity index is 156. The molecule has 0 atom stereocenters. The molecule has 0 fully saturated rings. The normalized spacial score (nSPS) is 13.2. The van der Waals surface area contributed by atoms with Crippen LogP contribution in [0.2, 0.25) is 0 Å². The Morgan fingerprint density at radius 1 is 1.33 bits per heavy atom. The van der Waals surface area contributed by atoms with E-state index < -0.39 is 0 Å². The van der Waals surface area contributed by atoms with Gasteiger partial charge >= 0.3 is 0 Å². The quantitative estimate of drug-likeness (QED) is 0.393. The van der Waals surface area contributed by atoms with E-state index in [1.54, 1.807) is 0 Å². The molecular weight excluding hydrogens is 253 g/mol. The van der Waals surface area contributed by atoms with Crippen molar-refractivity contribution in [3.05, 3.63) is 34.9 Å². The van der Waals surface area contributed by atoms with E-state index in [0.717, 1.165) is 4.48 Å². The topological polar surface area (TPSA) is 0 Å². The van der Waals surface area contributed by atoms with E-state index in [0.29, 0.717) is 0 Å². The van der Waals surface area contributed by atoms with Crippen LogP contribution in [-0.2, 0) is 19.5 Å². The van der Waals surface area contributed by atoms with Crippen molar-refractivity contribution in [2.45, 2.75) is 0 Å². The van der Waals surface area contributed by atoms with Gasteiger partial charge in [0.2, 0.25) is 0 Å². The van der Waals surface area contributed by atoms with Crippen molar-refractivity contribution in [1.29, 1.82) is 0 Å². The van der Waals surface area contributed by atoms with Crippen LogP contribution in [0, 0.1) is 6.42 Å². The van der Waals surface area contributed by atoms with Crippen LogP contribution >= 0.6 is 15.9 Å². The second kappa shape index (κ2) is 6.77. The van der Waals surface area contributed by atoms with Crippen molar-refractivity contribution in [1.82, 2.24) is 0 Å². The van der Waals surface area contributed by atoms with Crippen LogP contribution < -0.4 is 12.4 Å². The molecule has 0 nitrogen and oxygen atoms in total. The summed E-state index contributed by atoms with van der Waals surface area (Å²) in [4.78, 5) is 0. The first-order chi connectivity index (χ1) is 3.39. The van der Waals surface area contributed by atoms with Crippen LogP contribution in [0.5, 0.6) is 0 Å². The van der Waals surface area contributed by atoms with Crippen molar-refractivity contribution >= 4 is 15.9 Å². The summed E-state index contributed by atoms with van der Waals surface area (Å²) in [6.45, 7) is 0. The predicted molar refractivity (Wildman–Crippen MR) is 34.0 cm³/mol. The summed E-state index contributed by atoms with van der Waals surface area (Å²) >= 11 is 3.29. The van der Waals surface area contributed by atoms with E-state index in [1.165, 1.54) is 0 Å². The van der Waals surface area contributed by atoms with Gasteiger partial charge in [0, 0.05) is 30.4 Å². The molecule has 0 N–H and O–H groups in total. The number of hydrogen-bond donors (Lipinski definition) is 0. The van der Waals surface area contributed by atoms with E-state index in [1.807, 2.05) is 24.6 Å². The zero-order chi connectivity index (χ0) is 5.11. The fraction of sp³-hybridized carbons (Fsp3) is 0. The first-order valence-electron chi connectivity index (χ1n) is 2.01. The van der Waals surface area contributed by atoms with Crippen LogP contribution in [0.3, 0.4) is 0 Å². The molecule has 0 spiro atoms. The van der Waals surface area contributed by atoms with Gasteiger partial charge in [0.25, 0.3) is 0 Å². The van der Waals surface area contributed by atoms with Gasteiger partial charge in [-0.05, 0) is 18.2 Å². The fourth-order valence-corrected chi connectivity index (χ4v) is 0.631. The van der Waals surface area contributed by atoms with E-state index in [9.17, 15) is 0 Å². The summed E-state index contributed by atoms with van der Waals surface area (Å²) < 4.78 is 1.10. The average molecular weight is 257 g/mol. The zero-order valence-corrected chi connectivity index (χ0v) is 10.1. The molecule has 3 heteroatoms.